The van der Waals surface area contributed by atoms with Crippen molar-refractivity contribution in [2.24, 2.45) is 0 Å². The molecule has 1 aromatic heterocycles. The molecule has 1 aliphatic rings. The van der Waals surface area contributed by atoms with Crippen LogP contribution in [0.2, 0.25) is 5.02 Å². The lowest BCUT2D eigenvalue weighted by Crippen LogP contribution is -2.47. The minimum absolute atomic E-state index is 0.147. The molecule has 1 fully saturated rings. The Hall–Kier alpha value is -2.55. The topological polar surface area (TPSA) is 54.5 Å². The summed E-state index contributed by atoms with van der Waals surface area (Å²) in [5.74, 6) is -0.0958. The molecule has 0 aliphatic carbocycles. The van der Waals surface area contributed by atoms with Gasteiger partial charge in [-0.05, 0) is 55.5 Å². The number of ketones is 1. The Morgan fingerprint density at radius 2 is 1.97 bits per heavy atom. The average molecular weight is 447 g/mol. The summed E-state index contributed by atoms with van der Waals surface area (Å²) in [6.07, 6.45) is 0. The summed E-state index contributed by atoms with van der Waals surface area (Å²) in [5.41, 5.74) is 1.66. The van der Waals surface area contributed by atoms with Gasteiger partial charge in [0.1, 0.15) is 5.82 Å². The number of hydrogen-bond acceptors (Lipinski definition) is 6. The first-order valence-electron chi connectivity index (χ1n) is 9.52. The summed E-state index contributed by atoms with van der Waals surface area (Å²) >= 11 is 11.3. The van der Waals surface area contributed by atoms with Crippen molar-refractivity contribution in [3.63, 3.8) is 0 Å². The van der Waals surface area contributed by atoms with E-state index in [4.69, 9.17) is 28.2 Å². The third kappa shape index (κ3) is 4.45. The van der Waals surface area contributed by atoms with Gasteiger partial charge < -0.3 is 9.32 Å². The monoisotopic (exact) mass is 446 g/mol. The van der Waals surface area contributed by atoms with Gasteiger partial charge in [-0.1, -0.05) is 17.7 Å². The molecule has 0 bridgehead atoms. The van der Waals surface area contributed by atoms with Crippen molar-refractivity contribution >= 4 is 35.3 Å². The number of halogens is 2. The van der Waals surface area contributed by atoms with Crippen molar-refractivity contribution in [3.05, 3.63) is 63.7 Å². The van der Waals surface area contributed by atoms with Gasteiger partial charge in [0.05, 0.1) is 12.4 Å². The Morgan fingerprint density at radius 1 is 1.20 bits per heavy atom. The van der Waals surface area contributed by atoms with E-state index in [1.54, 1.807) is 28.9 Å². The summed E-state index contributed by atoms with van der Waals surface area (Å²) in [6, 6.07) is 11.9. The van der Waals surface area contributed by atoms with Gasteiger partial charge in [0.25, 0.3) is 4.84 Å². The normalized spacial score (nSPS) is 14.8. The van der Waals surface area contributed by atoms with Crippen LogP contribution in [0.4, 0.5) is 10.1 Å². The quantitative estimate of drug-likeness (QED) is 0.420. The molecule has 0 N–H and O–H groups in total. The highest BCUT2D eigenvalue weighted by molar-refractivity contribution is 7.71. The number of Topliss-reactive ketones (excluding diaryl/α,β-unsaturated/α-hetero) is 1. The zero-order valence-corrected chi connectivity index (χ0v) is 17.9. The van der Waals surface area contributed by atoms with Gasteiger partial charge in [0.2, 0.25) is 5.89 Å². The number of carbonyl (C=O) groups is 1. The van der Waals surface area contributed by atoms with Gasteiger partial charge in [-0.3, -0.25) is 9.69 Å². The summed E-state index contributed by atoms with van der Waals surface area (Å²) in [4.78, 5) is 15.9. The maximum atomic E-state index is 14.4. The number of carbonyl (C=O) groups excluding carboxylic acids is 1. The molecule has 0 atom stereocenters. The highest BCUT2D eigenvalue weighted by Crippen LogP contribution is 2.24. The first kappa shape index (κ1) is 20.7. The molecule has 9 heteroatoms. The van der Waals surface area contributed by atoms with Crippen LogP contribution in [0.1, 0.15) is 17.3 Å². The number of anilines is 1. The number of piperazine rings is 1. The molecule has 156 valence electrons. The predicted molar refractivity (Wildman–Crippen MR) is 116 cm³/mol. The maximum absolute atomic E-state index is 14.4. The molecule has 2 heterocycles. The lowest BCUT2D eigenvalue weighted by Gasteiger charge is -2.35. The van der Waals surface area contributed by atoms with Crippen molar-refractivity contribution in [1.29, 1.82) is 0 Å². The van der Waals surface area contributed by atoms with E-state index in [0.717, 1.165) is 18.7 Å². The van der Waals surface area contributed by atoms with E-state index < -0.39 is 0 Å². The van der Waals surface area contributed by atoms with Gasteiger partial charge >= 0.3 is 0 Å². The lowest BCUT2D eigenvalue weighted by molar-refractivity contribution is 0.101. The number of nitrogens with zero attached hydrogens (tertiary/aromatic N) is 4. The first-order chi connectivity index (χ1) is 14.4. The minimum Gasteiger partial charge on any atom is -0.409 e. The molecule has 1 aliphatic heterocycles. The summed E-state index contributed by atoms with van der Waals surface area (Å²) in [7, 11) is 0. The van der Waals surface area contributed by atoms with Crippen LogP contribution in [0, 0.1) is 10.7 Å². The van der Waals surface area contributed by atoms with Gasteiger partial charge in [-0.2, -0.15) is 0 Å². The van der Waals surface area contributed by atoms with E-state index in [0.29, 0.717) is 46.8 Å². The number of benzene rings is 2. The third-order valence-corrected chi connectivity index (χ3v) is 5.61. The molecule has 0 radical (unpaired) electrons. The second kappa shape index (κ2) is 8.67. The zero-order valence-electron chi connectivity index (χ0n) is 16.3. The minimum atomic E-state index is -0.374. The van der Waals surface area contributed by atoms with Crippen molar-refractivity contribution in [3.8, 4) is 11.5 Å². The second-order valence-electron chi connectivity index (χ2n) is 7.15. The average Bonchev–Trinajstić information content (AvgIpc) is 3.09. The molecule has 6 nitrogen and oxygen atoms in total. The highest BCUT2D eigenvalue weighted by Gasteiger charge is 2.21. The van der Waals surface area contributed by atoms with Crippen molar-refractivity contribution < 1.29 is 13.6 Å². The molecule has 1 saturated heterocycles. The SMILES string of the molecule is CC(=O)c1ccc(N2CCN(Cn3nc(-c4cccc(Cl)c4)oc3=S)CC2)c(F)c1. The molecular weight excluding hydrogens is 427 g/mol. The maximum Gasteiger partial charge on any atom is 0.288 e. The molecular formula is C21H20ClFN4O2S. The fraction of sp³-hybridized carbons (Fsp3) is 0.286. The number of rotatable bonds is 5. The van der Waals surface area contributed by atoms with Gasteiger partial charge in [-0.15, -0.1) is 5.10 Å². The van der Waals surface area contributed by atoms with E-state index in [-0.39, 0.29) is 11.6 Å². The van der Waals surface area contributed by atoms with Crippen molar-refractivity contribution in [1.82, 2.24) is 14.7 Å². The van der Waals surface area contributed by atoms with E-state index in [9.17, 15) is 9.18 Å². The summed E-state index contributed by atoms with van der Waals surface area (Å²) < 4.78 is 21.7. The van der Waals surface area contributed by atoms with E-state index in [1.807, 2.05) is 17.0 Å². The van der Waals surface area contributed by atoms with Crippen LogP contribution in [-0.4, -0.2) is 46.6 Å². The van der Waals surface area contributed by atoms with Crippen LogP contribution in [0.25, 0.3) is 11.5 Å². The van der Waals surface area contributed by atoms with Crippen molar-refractivity contribution in [2.75, 3.05) is 31.1 Å². The van der Waals surface area contributed by atoms with Crippen LogP contribution in [0.3, 0.4) is 0 Å². The standard InChI is InChI=1S/C21H20ClFN4O2S/c1-14(28)15-5-6-19(18(23)12-15)26-9-7-25(8-10-26)13-27-21(30)29-20(24-27)16-3-2-4-17(22)11-16/h2-6,11-12H,7-10,13H2,1H3. The molecule has 0 amide bonds. The molecule has 2 aromatic carbocycles. The first-order valence-corrected chi connectivity index (χ1v) is 10.3. The smallest absolute Gasteiger partial charge is 0.288 e. The molecule has 3 aromatic rings. The Balaban J connectivity index is 1.41. The fourth-order valence-corrected chi connectivity index (χ4v) is 3.80. The lowest BCUT2D eigenvalue weighted by atomic mass is 10.1. The van der Waals surface area contributed by atoms with E-state index in [2.05, 4.69) is 10.00 Å². The summed E-state index contributed by atoms with van der Waals surface area (Å²) in [6.45, 7) is 4.66. The van der Waals surface area contributed by atoms with E-state index in [1.165, 1.54) is 13.0 Å². The predicted octanol–water partition coefficient (Wildman–Crippen LogP) is 4.65. The van der Waals surface area contributed by atoms with Gasteiger partial charge in [-0.25, -0.2) is 9.07 Å². The summed E-state index contributed by atoms with van der Waals surface area (Å²) in [5, 5.41) is 5.07. The second-order valence-corrected chi connectivity index (χ2v) is 7.94. The molecule has 0 spiro atoms. The fourth-order valence-electron chi connectivity index (χ4n) is 3.44. The molecule has 4 rings (SSSR count). The largest absolute Gasteiger partial charge is 0.409 e. The van der Waals surface area contributed by atoms with Crippen LogP contribution in [0.5, 0.6) is 0 Å². The van der Waals surface area contributed by atoms with Crippen LogP contribution >= 0.6 is 23.8 Å². The highest BCUT2D eigenvalue weighted by atomic mass is 35.5. The molecule has 30 heavy (non-hydrogen) atoms. The zero-order chi connectivity index (χ0) is 21.3. The molecule has 0 unspecified atom stereocenters. The van der Waals surface area contributed by atoms with Crippen molar-refractivity contribution in [2.45, 2.75) is 13.6 Å². The Bertz CT molecular complexity index is 1140. The van der Waals surface area contributed by atoms with Crippen LogP contribution < -0.4 is 4.90 Å². The Kier molecular flexibility index (Phi) is 5.99. The third-order valence-electron chi connectivity index (χ3n) is 5.08. The Labute approximate surface area is 183 Å². The number of hydrogen-bond donors (Lipinski definition) is 0. The number of aromatic nitrogens is 2. The van der Waals surface area contributed by atoms with Gasteiger partial charge in [0, 0.05) is 42.3 Å². The van der Waals surface area contributed by atoms with Crippen LogP contribution in [0.15, 0.2) is 46.9 Å². The van der Waals surface area contributed by atoms with Gasteiger partial charge in [0.15, 0.2) is 5.78 Å². The van der Waals surface area contributed by atoms with E-state index >= 15 is 0 Å². The van der Waals surface area contributed by atoms with Crippen LogP contribution in [-0.2, 0) is 6.67 Å². The Morgan fingerprint density at radius 3 is 2.63 bits per heavy atom. The molecule has 0 saturated carbocycles.